The van der Waals surface area contributed by atoms with Gasteiger partial charge in [-0.1, -0.05) is 30.3 Å². The van der Waals surface area contributed by atoms with Crippen LogP contribution in [0.3, 0.4) is 0 Å². The van der Waals surface area contributed by atoms with E-state index >= 15 is 0 Å². The lowest BCUT2D eigenvalue weighted by Crippen LogP contribution is -2.43. The fourth-order valence-corrected chi connectivity index (χ4v) is 2.20. The molecule has 7 nitrogen and oxygen atoms in total. The van der Waals surface area contributed by atoms with E-state index in [1.165, 1.54) is 0 Å². The van der Waals surface area contributed by atoms with Crippen LogP contribution in [0.2, 0.25) is 0 Å². The van der Waals surface area contributed by atoms with E-state index in [4.69, 9.17) is 5.11 Å². The summed E-state index contributed by atoms with van der Waals surface area (Å²) in [5.74, 6) is -0.970. The third-order valence-electron chi connectivity index (χ3n) is 3.36. The van der Waals surface area contributed by atoms with Crippen LogP contribution in [0.1, 0.15) is 12.5 Å². The number of imide groups is 1. The Balaban J connectivity index is 2.15. The number of aliphatic hydroxyl groups is 1. The molecule has 0 bridgehead atoms. The minimum absolute atomic E-state index is 0.0818. The highest BCUT2D eigenvalue weighted by Gasteiger charge is 2.49. The molecule has 0 aliphatic carbocycles. The Hall–Kier alpha value is -2.41. The summed E-state index contributed by atoms with van der Waals surface area (Å²) in [5.41, 5.74) is -0.517. The molecule has 0 unspecified atom stereocenters. The zero-order valence-corrected chi connectivity index (χ0v) is 11.6. The van der Waals surface area contributed by atoms with E-state index in [1.54, 1.807) is 31.2 Å². The maximum absolute atomic E-state index is 12.5. The molecule has 1 heterocycles. The van der Waals surface area contributed by atoms with Gasteiger partial charge in [0.2, 0.25) is 5.91 Å². The fraction of sp³-hybridized carbons (Fsp3) is 0.357. The van der Waals surface area contributed by atoms with Crippen molar-refractivity contribution in [2.45, 2.75) is 12.5 Å². The Kier molecular flexibility index (Phi) is 4.23. The van der Waals surface area contributed by atoms with Gasteiger partial charge in [-0.3, -0.25) is 14.5 Å². The van der Waals surface area contributed by atoms with Crippen LogP contribution in [0.15, 0.2) is 30.3 Å². The molecule has 7 heteroatoms. The number of aliphatic hydroxyl groups excluding tert-OH is 1. The zero-order valence-electron chi connectivity index (χ0n) is 11.6. The van der Waals surface area contributed by atoms with Crippen molar-refractivity contribution in [2.24, 2.45) is 0 Å². The van der Waals surface area contributed by atoms with E-state index in [2.05, 4.69) is 10.6 Å². The van der Waals surface area contributed by atoms with E-state index < -0.39 is 23.4 Å². The molecular formula is C14H17N3O4. The average molecular weight is 291 g/mol. The summed E-state index contributed by atoms with van der Waals surface area (Å²) in [6.07, 6.45) is 0. The molecule has 21 heavy (non-hydrogen) atoms. The molecule has 0 saturated carbocycles. The van der Waals surface area contributed by atoms with Crippen molar-refractivity contribution in [3.63, 3.8) is 0 Å². The van der Waals surface area contributed by atoms with E-state index in [9.17, 15) is 14.4 Å². The second kappa shape index (κ2) is 5.92. The predicted molar refractivity (Wildman–Crippen MR) is 74.1 cm³/mol. The smallest absolute Gasteiger partial charge is 0.325 e. The van der Waals surface area contributed by atoms with Gasteiger partial charge in [0.25, 0.3) is 5.91 Å². The van der Waals surface area contributed by atoms with Crippen LogP contribution in [0.4, 0.5) is 4.79 Å². The normalized spacial score (nSPS) is 21.3. The van der Waals surface area contributed by atoms with Gasteiger partial charge in [0, 0.05) is 6.54 Å². The molecule has 0 spiro atoms. The minimum Gasteiger partial charge on any atom is -0.395 e. The minimum atomic E-state index is -1.17. The summed E-state index contributed by atoms with van der Waals surface area (Å²) >= 11 is 0. The largest absolute Gasteiger partial charge is 0.395 e. The third kappa shape index (κ3) is 2.87. The first-order chi connectivity index (χ1) is 9.99. The van der Waals surface area contributed by atoms with Crippen molar-refractivity contribution in [1.82, 2.24) is 15.5 Å². The number of carbonyl (C=O) groups excluding carboxylic acids is 3. The summed E-state index contributed by atoms with van der Waals surface area (Å²) in [5, 5.41) is 13.7. The molecule has 0 aromatic heterocycles. The molecule has 3 N–H and O–H groups in total. The zero-order chi connectivity index (χ0) is 15.5. The molecule has 1 aromatic rings. The van der Waals surface area contributed by atoms with Gasteiger partial charge < -0.3 is 15.7 Å². The lowest BCUT2D eigenvalue weighted by Gasteiger charge is -2.22. The summed E-state index contributed by atoms with van der Waals surface area (Å²) in [6.45, 7) is 1.12. The monoisotopic (exact) mass is 291 g/mol. The molecule has 1 aliphatic heterocycles. The summed E-state index contributed by atoms with van der Waals surface area (Å²) in [7, 11) is 0. The first-order valence-corrected chi connectivity index (χ1v) is 6.56. The van der Waals surface area contributed by atoms with E-state index in [0.717, 1.165) is 4.90 Å². The Morgan fingerprint density at radius 2 is 2.00 bits per heavy atom. The first-order valence-electron chi connectivity index (χ1n) is 6.56. The number of hydrogen-bond donors (Lipinski definition) is 3. The standard InChI is InChI=1S/C14H17N3O4/c1-14(10-5-3-2-4-6-10)12(20)17(13(21)16-14)9-11(19)15-7-8-18/h2-6,18H,7-9H2,1H3,(H,15,19)(H,16,21)/t14-/m0/s1. The number of hydrogen-bond acceptors (Lipinski definition) is 4. The first kappa shape index (κ1) is 15.0. The van der Waals surface area contributed by atoms with Crippen LogP contribution < -0.4 is 10.6 Å². The Morgan fingerprint density at radius 1 is 1.33 bits per heavy atom. The molecule has 1 aliphatic rings. The van der Waals surface area contributed by atoms with Gasteiger partial charge in [-0.15, -0.1) is 0 Å². The second-order valence-corrected chi connectivity index (χ2v) is 4.89. The number of carbonyl (C=O) groups is 3. The van der Waals surface area contributed by atoms with Crippen LogP contribution in [-0.4, -0.2) is 47.5 Å². The van der Waals surface area contributed by atoms with Gasteiger partial charge >= 0.3 is 6.03 Å². The van der Waals surface area contributed by atoms with E-state index in [-0.39, 0.29) is 19.7 Å². The molecule has 1 aromatic carbocycles. The van der Waals surface area contributed by atoms with Crippen molar-refractivity contribution in [2.75, 3.05) is 19.7 Å². The van der Waals surface area contributed by atoms with Gasteiger partial charge in [0.05, 0.1) is 6.61 Å². The lowest BCUT2D eigenvalue weighted by molar-refractivity contribution is -0.134. The van der Waals surface area contributed by atoms with Gasteiger partial charge in [-0.05, 0) is 12.5 Å². The number of nitrogens with zero attached hydrogens (tertiary/aromatic N) is 1. The predicted octanol–water partition coefficient (Wildman–Crippen LogP) is -0.438. The number of benzene rings is 1. The molecule has 2 rings (SSSR count). The molecule has 1 saturated heterocycles. The highest BCUT2D eigenvalue weighted by molar-refractivity contribution is 6.09. The third-order valence-corrected chi connectivity index (χ3v) is 3.36. The number of nitrogens with one attached hydrogen (secondary N) is 2. The quantitative estimate of drug-likeness (QED) is 0.641. The summed E-state index contributed by atoms with van der Waals surface area (Å²) < 4.78 is 0. The molecule has 1 fully saturated rings. The van der Waals surface area contributed by atoms with Gasteiger partial charge in [0.1, 0.15) is 12.1 Å². The van der Waals surface area contributed by atoms with E-state index in [1.807, 2.05) is 6.07 Å². The maximum Gasteiger partial charge on any atom is 0.325 e. The molecular weight excluding hydrogens is 274 g/mol. The number of urea groups is 1. The SMILES string of the molecule is C[C@@]1(c2ccccc2)NC(=O)N(CC(=O)NCCO)C1=O. The van der Waals surface area contributed by atoms with Gasteiger partial charge in [-0.2, -0.15) is 0 Å². The van der Waals surface area contributed by atoms with Crippen LogP contribution in [0.5, 0.6) is 0 Å². The highest BCUT2D eigenvalue weighted by Crippen LogP contribution is 2.28. The summed E-state index contributed by atoms with van der Waals surface area (Å²) in [6, 6.07) is 8.24. The van der Waals surface area contributed by atoms with Crippen LogP contribution in [0, 0.1) is 0 Å². The van der Waals surface area contributed by atoms with Crippen LogP contribution in [-0.2, 0) is 15.1 Å². The summed E-state index contributed by atoms with van der Waals surface area (Å²) in [4.78, 5) is 36.9. The Morgan fingerprint density at radius 3 is 2.62 bits per heavy atom. The van der Waals surface area contributed by atoms with Crippen molar-refractivity contribution in [3.05, 3.63) is 35.9 Å². The van der Waals surface area contributed by atoms with Crippen LogP contribution in [0.25, 0.3) is 0 Å². The fourth-order valence-electron chi connectivity index (χ4n) is 2.20. The number of amides is 4. The van der Waals surface area contributed by atoms with Gasteiger partial charge in [0.15, 0.2) is 0 Å². The highest BCUT2D eigenvalue weighted by atomic mass is 16.3. The lowest BCUT2D eigenvalue weighted by atomic mass is 9.92. The van der Waals surface area contributed by atoms with Gasteiger partial charge in [-0.25, -0.2) is 4.79 Å². The maximum atomic E-state index is 12.5. The van der Waals surface area contributed by atoms with E-state index in [0.29, 0.717) is 5.56 Å². The van der Waals surface area contributed by atoms with Crippen molar-refractivity contribution in [3.8, 4) is 0 Å². The van der Waals surface area contributed by atoms with Crippen molar-refractivity contribution >= 4 is 17.8 Å². The second-order valence-electron chi connectivity index (χ2n) is 4.89. The molecule has 4 amide bonds. The Labute approximate surface area is 121 Å². The number of rotatable bonds is 5. The topological polar surface area (TPSA) is 98.7 Å². The Bertz CT molecular complexity index is 561. The van der Waals surface area contributed by atoms with Crippen molar-refractivity contribution in [1.29, 1.82) is 0 Å². The molecule has 0 radical (unpaired) electrons. The van der Waals surface area contributed by atoms with Crippen LogP contribution >= 0.6 is 0 Å². The van der Waals surface area contributed by atoms with Crippen molar-refractivity contribution < 1.29 is 19.5 Å². The molecule has 1 atom stereocenters. The average Bonchev–Trinajstić information content (AvgIpc) is 2.70. The molecule has 112 valence electrons.